The Balaban J connectivity index is 1.97. The summed E-state index contributed by atoms with van der Waals surface area (Å²) in [5.41, 5.74) is 2.04. The van der Waals surface area contributed by atoms with Crippen molar-refractivity contribution < 1.29 is 9.57 Å². The summed E-state index contributed by atoms with van der Waals surface area (Å²) in [6.45, 7) is 10.1. The van der Waals surface area contributed by atoms with Gasteiger partial charge in [0.15, 0.2) is 0 Å². The van der Waals surface area contributed by atoms with Crippen LogP contribution in [0.5, 0.6) is 5.75 Å². The van der Waals surface area contributed by atoms with Crippen molar-refractivity contribution in [1.29, 1.82) is 0 Å². The first-order chi connectivity index (χ1) is 12.9. The minimum absolute atomic E-state index is 0.0724. The molecule has 4 rings (SSSR count). The molecule has 0 N–H and O–H groups in total. The Morgan fingerprint density at radius 2 is 1.74 bits per heavy atom. The molecule has 0 fully saturated rings. The Hall–Kier alpha value is -2.53. The number of hydrogen-bond acceptors (Lipinski definition) is 5. The predicted molar refractivity (Wildman–Crippen MR) is 106 cm³/mol. The molecule has 5 nitrogen and oxygen atoms in total. The van der Waals surface area contributed by atoms with Crippen LogP contribution in [0.4, 0.5) is 0 Å². The highest BCUT2D eigenvalue weighted by molar-refractivity contribution is 5.82. The molecule has 0 saturated heterocycles. The SMILES string of the molecule is CCN(C1=NC2(ON1C)c1ccccc1COc1ccccc12)C(C)(C)C. The predicted octanol–water partition coefficient (Wildman–Crippen LogP) is 4.13. The monoisotopic (exact) mass is 365 g/mol. The van der Waals surface area contributed by atoms with Crippen LogP contribution in [0.2, 0.25) is 0 Å². The van der Waals surface area contributed by atoms with Crippen LogP contribution in [0, 0.1) is 0 Å². The lowest BCUT2D eigenvalue weighted by Gasteiger charge is -2.37. The fraction of sp³-hybridized carbons (Fsp3) is 0.409. The molecule has 0 aliphatic carbocycles. The average Bonchev–Trinajstić information content (AvgIpc) is 2.91. The van der Waals surface area contributed by atoms with Crippen LogP contribution in [0.1, 0.15) is 44.4 Å². The van der Waals surface area contributed by atoms with E-state index in [1.165, 1.54) is 0 Å². The second kappa shape index (κ2) is 6.27. The number of aliphatic imine (C=N–C) groups is 1. The van der Waals surface area contributed by atoms with Crippen LogP contribution in [-0.4, -0.2) is 35.1 Å². The van der Waals surface area contributed by atoms with E-state index in [1.807, 2.05) is 43.4 Å². The molecule has 2 aromatic carbocycles. The molecule has 0 saturated carbocycles. The van der Waals surface area contributed by atoms with E-state index < -0.39 is 5.72 Å². The highest BCUT2D eigenvalue weighted by atomic mass is 16.7. The first kappa shape index (κ1) is 17.9. The number of ether oxygens (including phenoxy) is 1. The highest BCUT2D eigenvalue weighted by Crippen LogP contribution is 2.47. The van der Waals surface area contributed by atoms with Crippen molar-refractivity contribution >= 4 is 5.96 Å². The van der Waals surface area contributed by atoms with Crippen molar-refractivity contribution in [2.75, 3.05) is 13.6 Å². The molecule has 5 heteroatoms. The molecule has 0 aromatic heterocycles. The minimum atomic E-state index is -0.938. The number of fused-ring (bicyclic) bond motifs is 4. The van der Waals surface area contributed by atoms with Crippen molar-refractivity contribution in [3.8, 4) is 5.75 Å². The van der Waals surface area contributed by atoms with Gasteiger partial charge >= 0.3 is 0 Å². The third kappa shape index (κ3) is 2.77. The van der Waals surface area contributed by atoms with Crippen molar-refractivity contribution in [3.05, 3.63) is 65.2 Å². The number of rotatable bonds is 1. The summed E-state index contributed by atoms with van der Waals surface area (Å²) in [7, 11) is 1.93. The van der Waals surface area contributed by atoms with E-state index >= 15 is 0 Å². The highest BCUT2D eigenvalue weighted by Gasteiger charge is 2.49. The van der Waals surface area contributed by atoms with Gasteiger partial charge in [0.2, 0.25) is 11.7 Å². The third-order valence-corrected chi connectivity index (χ3v) is 5.19. The molecule has 142 valence electrons. The molecular formula is C22H27N3O2. The van der Waals surface area contributed by atoms with Crippen LogP contribution in [0.25, 0.3) is 0 Å². The standard InChI is InChI=1S/C22H27N3O2/c1-6-25(21(2,3)4)20-23-22(27-24(20)5)17-12-8-7-11-16(17)15-26-19-14-10-9-13-18(19)22/h7-14H,6,15H2,1-5H3. The normalized spacial score (nSPS) is 21.2. The lowest BCUT2D eigenvalue weighted by Crippen LogP contribution is -2.49. The van der Waals surface area contributed by atoms with Crippen LogP contribution in [0.3, 0.4) is 0 Å². The molecule has 2 heterocycles. The van der Waals surface area contributed by atoms with Crippen LogP contribution in [0.15, 0.2) is 53.5 Å². The van der Waals surface area contributed by atoms with Gasteiger partial charge in [0, 0.05) is 24.7 Å². The van der Waals surface area contributed by atoms with E-state index in [4.69, 9.17) is 14.6 Å². The summed E-state index contributed by atoms with van der Waals surface area (Å²) in [6.07, 6.45) is 0. The lowest BCUT2D eigenvalue weighted by molar-refractivity contribution is -0.156. The van der Waals surface area contributed by atoms with Crippen molar-refractivity contribution in [3.63, 3.8) is 0 Å². The summed E-state index contributed by atoms with van der Waals surface area (Å²) in [6, 6.07) is 16.3. The summed E-state index contributed by atoms with van der Waals surface area (Å²) in [5, 5.41) is 1.80. The Kier molecular flexibility index (Phi) is 4.15. The fourth-order valence-corrected chi connectivity index (χ4v) is 3.99. The molecule has 1 unspecified atom stereocenters. The van der Waals surface area contributed by atoms with Gasteiger partial charge in [-0.2, -0.15) is 0 Å². The Morgan fingerprint density at radius 1 is 1.07 bits per heavy atom. The lowest BCUT2D eigenvalue weighted by atomic mass is 9.91. The number of hydroxylamine groups is 2. The van der Waals surface area contributed by atoms with E-state index in [-0.39, 0.29) is 5.54 Å². The second-order valence-corrected chi connectivity index (χ2v) is 8.00. The quantitative estimate of drug-likeness (QED) is 0.761. The Labute approximate surface area is 161 Å². The molecule has 0 bridgehead atoms. The maximum atomic E-state index is 6.52. The van der Waals surface area contributed by atoms with Gasteiger partial charge < -0.3 is 9.64 Å². The average molecular weight is 365 g/mol. The molecule has 1 spiro atoms. The maximum absolute atomic E-state index is 6.52. The van der Waals surface area contributed by atoms with Gasteiger partial charge in [0.05, 0.1) is 5.56 Å². The van der Waals surface area contributed by atoms with Crippen LogP contribution >= 0.6 is 0 Å². The van der Waals surface area contributed by atoms with Gasteiger partial charge in [-0.15, -0.1) is 0 Å². The van der Waals surface area contributed by atoms with Gasteiger partial charge in [0.1, 0.15) is 12.4 Å². The minimum Gasteiger partial charge on any atom is -0.488 e. The van der Waals surface area contributed by atoms with Gasteiger partial charge in [-0.05, 0) is 45.4 Å². The van der Waals surface area contributed by atoms with E-state index in [1.54, 1.807) is 5.06 Å². The van der Waals surface area contributed by atoms with Gasteiger partial charge in [-0.1, -0.05) is 36.4 Å². The maximum Gasteiger partial charge on any atom is 0.243 e. The van der Waals surface area contributed by atoms with Crippen molar-refractivity contribution in [1.82, 2.24) is 9.96 Å². The molecule has 2 aliphatic heterocycles. The largest absolute Gasteiger partial charge is 0.488 e. The van der Waals surface area contributed by atoms with Gasteiger partial charge in [-0.3, -0.25) is 0 Å². The number of benzene rings is 2. The van der Waals surface area contributed by atoms with Gasteiger partial charge in [0.25, 0.3) is 0 Å². The summed E-state index contributed by atoms with van der Waals surface area (Å²) in [5.74, 6) is 1.64. The number of hydrogen-bond donors (Lipinski definition) is 0. The van der Waals surface area contributed by atoms with Crippen molar-refractivity contribution in [2.24, 2.45) is 4.99 Å². The molecule has 0 amide bonds. The zero-order valence-electron chi connectivity index (χ0n) is 16.7. The zero-order chi connectivity index (χ0) is 19.2. The number of nitrogens with zero attached hydrogens (tertiary/aromatic N) is 3. The zero-order valence-corrected chi connectivity index (χ0v) is 16.7. The topological polar surface area (TPSA) is 37.3 Å². The van der Waals surface area contributed by atoms with E-state index in [0.29, 0.717) is 6.61 Å². The van der Waals surface area contributed by atoms with E-state index in [9.17, 15) is 0 Å². The summed E-state index contributed by atoms with van der Waals surface area (Å²) >= 11 is 0. The molecule has 0 radical (unpaired) electrons. The number of guanidine groups is 1. The summed E-state index contributed by atoms with van der Waals surface area (Å²) < 4.78 is 6.10. The van der Waals surface area contributed by atoms with Crippen molar-refractivity contribution in [2.45, 2.75) is 45.6 Å². The molecular weight excluding hydrogens is 338 g/mol. The Bertz CT molecular complexity index is 838. The van der Waals surface area contributed by atoms with Gasteiger partial charge in [-0.25, -0.2) is 14.9 Å². The van der Waals surface area contributed by atoms with E-state index in [0.717, 1.165) is 34.9 Å². The first-order valence-electron chi connectivity index (χ1n) is 9.48. The second-order valence-electron chi connectivity index (χ2n) is 8.00. The van der Waals surface area contributed by atoms with Crippen LogP contribution in [-0.2, 0) is 17.2 Å². The third-order valence-electron chi connectivity index (χ3n) is 5.19. The molecule has 1 atom stereocenters. The van der Waals surface area contributed by atoms with E-state index in [2.05, 4.69) is 44.7 Å². The Morgan fingerprint density at radius 3 is 2.44 bits per heavy atom. The number of para-hydroxylation sites is 1. The molecule has 2 aliphatic rings. The molecule has 2 aromatic rings. The fourth-order valence-electron chi connectivity index (χ4n) is 3.99. The van der Waals surface area contributed by atoms with Crippen LogP contribution < -0.4 is 4.74 Å². The molecule has 27 heavy (non-hydrogen) atoms. The first-order valence-corrected chi connectivity index (χ1v) is 9.48. The smallest absolute Gasteiger partial charge is 0.243 e. The summed E-state index contributed by atoms with van der Waals surface area (Å²) in [4.78, 5) is 14.0.